The highest BCUT2D eigenvalue weighted by atomic mass is 32.2. The average molecular weight is 314 g/mol. The van der Waals surface area contributed by atoms with Gasteiger partial charge in [-0.3, -0.25) is 4.79 Å². The lowest BCUT2D eigenvalue weighted by Gasteiger charge is -2.25. The van der Waals surface area contributed by atoms with Crippen LogP contribution in [-0.2, 0) is 14.8 Å². The van der Waals surface area contributed by atoms with Crippen LogP contribution in [-0.4, -0.2) is 33.2 Å². The minimum atomic E-state index is -3.25. The van der Waals surface area contributed by atoms with Crippen molar-refractivity contribution in [2.45, 2.75) is 44.9 Å². The Balaban J connectivity index is 1.35. The van der Waals surface area contributed by atoms with Crippen molar-refractivity contribution < 1.29 is 13.2 Å². The molecule has 3 rings (SSSR count). The minimum Gasteiger partial charge on any atom is -0.355 e. The summed E-state index contributed by atoms with van der Waals surface area (Å²) in [5.41, 5.74) is 0. The average Bonchev–Trinajstić information content (AvgIpc) is 2.98. The molecule has 0 aromatic rings. The second-order valence-electron chi connectivity index (χ2n) is 7.04. The third-order valence-electron chi connectivity index (χ3n) is 5.56. The number of carbonyl (C=O) groups is 1. The number of nitrogens with one attached hydrogen (secondary N) is 2. The Kier molecular flexibility index (Phi) is 4.54. The van der Waals surface area contributed by atoms with Crippen molar-refractivity contribution in [1.82, 2.24) is 10.0 Å². The molecule has 0 saturated heterocycles. The first-order valence-electron chi connectivity index (χ1n) is 8.28. The SMILES string of the molecule is O=C(NCCS(=O)(=O)NCC1CCC1)[C@@H]1C[C@H]2CC[C@H]1C2. The first kappa shape index (κ1) is 15.3. The highest BCUT2D eigenvalue weighted by Gasteiger charge is 2.42. The van der Waals surface area contributed by atoms with Crippen LogP contribution in [0.4, 0.5) is 0 Å². The Morgan fingerprint density at radius 2 is 1.90 bits per heavy atom. The molecule has 0 radical (unpaired) electrons. The van der Waals surface area contributed by atoms with E-state index in [2.05, 4.69) is 10.0 Å². The van der Waals surface area contributed by atoms with E-state index in [0.717, 1.165) is 25.2 Å². The number of fused-ring (bicyclic) bond motifs is 2. The Morgan fingerprint density at radius 3 is 2.48 bits per heavy atom. The van der Waals surface area contributed by atoms with Gasteiger partial charge in [0.05, 0.1) is 5.75 Å². The van der Waals surface area contributed by atoms with E-state index in [-0.39, 0.29) is 24.1 Å². The lowest BCUT2D eigenvalue weighted by Crippen LogP contribution is -2.40. The van der Waals surface area contributed by atoms with Gasteiger partial charge in [-0.25, -0.2) is 13.1 Å². The molecule has 5 nitrogen and oxygen atoms in total. The molecule has 0 aliphatic heterocycles. The summed E-state index contributed by atoms with van der Waals surface area (Å²) in [6, 6.07) is 0. The lowest BCUT2D eigenvalue weighted by molar-refractivity contribution is -0.126. The third-order valence-corrected chi connectivity index (χ3v) is 6.91. The zero-order valence-corrected chi connectivity index (χ0v) is 13.3. The standard InChI is InChI=1S/C15H26N2O3S/c18-15(14-9-12-4-5-13(14)8-12)16-6-7-21(19,20)17-10-11-2-1-3-11/h11-14,17H,1-10H2,(H,16,18)/t12-,13-,14+/m0/s1. The van der Waals surface area contributed by atoms with Gasteiger partial charge in [0.15, 0.2) is 0 Å². The van der Waals surface area contributed by atoms with Crippen molar-refractivity contribution >= 4 is 15.9 Å². The molecule has 120 valence electrons. The number of carbonyl (C=O) groups excluding carboxylic acids is 1. The van der Waals surface area contributed by atoms with E-state index in [1.807, 2.05) is 0 Å². The molecular weight excluding hydrogens is 288 g/mol. The maximum absolute atomic E-state index is 12.1. The second kappa shape index (κ2) is 6.24. The van der Waals surface area contributed by atoms with Gasteiger partial charge in [0.25, 0.3) is 0 Å². The molecule has 6 heteroatoms. The number of hydrogen-bond donors (Lipinski definition) is 2. The van der Waals surface area contributed by atoms with Crippen LogP contribution in [0, 0.1) is 23.7 Å². The third kappa shape index (κ3) is 3.77. The van der Waals surface area contributed by atoms with E-state index < -0.39 is 10.0 Å². The van der Waals surface area contributed by atoms with E-state index in [4.69, 9.17) is 0 Å². The van der Waals surface area contributed by atoms with E-state index in [1.54, 1.807) is 0 Å². The Bertz CT molecular complexity index is 487. The highest BCUT2D eigenvalue weighted by Crippen LogP contribution is 2.48. The fourth-order valence-electron chi connectivity index (χ4n) is 4.02. The number of rotatable bonds is 7. The summed E-state index contributed by atoms with van der Waals surface area (Å²) in [5.74, 6) is 1.99. The molecule has 2 N–H and O–H groups in total. The number of sulfonamides is 1. The van der Waals surface area contributed by atoms with Crippen molar-refractivity contribution in [3.63, 3.8) is 0 Å². The zero-order valence-electron chi connectivity index (χ0n) is 12.5. The summed E-state index contributed by atoms with van der Waals surface area (Å²) in [5, 5.41) is 2.82. The van der Waals surface area contributed by atoms with Crippen LogP contribution < -0.4 is 10.0 Å². The summed E-state index contributed by atoms with van der Waals surface area (Å²) in [6.07, 6.45) is 8.11. The summed E-state index contributed by atoms with van der Waals surface area (Å²) in [6.45, 7) is 0.787. The van der Waals surface area contributed by atoms with Gasteiger partial charge in [0, 0.05) is 19.0 Å². The maximum atomic E-state index is 12.1. The van der Waals surface area contributed by atoms with Crippen LogP contribution in [0.5, 0.6) is 0 Å². The molecular formula is C15H26N2O3S. The van der Waals surface area contributed by atoms with Gasteiger partial charge in [-0.15, -0.1) is 0 Å². The van der Waals surface area contributed by atoms with Gasteiger partial charge in [0.1, 0.15) is 0 Å². The molecule has 0 heterocycles. The van der Waals surface area contributed by atoms with Gasteiger partial charge >= 0.3 is 0 Å². The molecule has 0 spiro atoms. The van der Waals surface area contributed by atoms with Crippen LogP contribution in [0.3, 0.4) is 0 Å². The van der Waals surface area contributed by atoms with Crippen molar-refractivity contribution in [1.29, 1.82) is 0 Å². The molecule has 1 amide bonds. The van der Waals surface area contributed by atoms with Gasteiger partial charge in [-0.05, 0) is 49.9 Å². The predicted octanol–water partition coefficient (Wildman–Crippen LogP) is 1.26. The van der Waals surface area contributed by atoms with Gasteiger partial charge < -0.3 is 5.32 Å². The fourth-order valence-corrected chi connectivity index (χ4v) is 5.02. The zero-order chi connectivity index (χ0) is 14.9. The fraction of sp³-hybridized carbons (Fsp3) is 0.933. The quantitative estimate of drug-likeness (QED) is 0.743. The van der Waals surface area contributed by atoms with Crippen LogP contribution in [0.2, 0.25) is 0 Å². The topological polar surface area (TPSA) is 75.3 Å². The summed E-state index contributed by atoms with van der Waals surface area (Å²) < 4.78 is 26.3. The van der Waals surface area contributed by atoms with Crippen molar-refractivity contribution in [2.75, 3.05) is 18.8 Å². The molecule has 3 aliphatic carbocycles. The molecule has 0 aromatic carbocycles. The first-order chi connectivity index (χ1) is 10.0. The Morgan fingerprint density at radius 1 is 1.10 bits per heavy atom. The predicted molar refractivity (Wildman–Crippen MR) is 81.1 cm³/mol. The molecule has 0 unspecified atom stereocenters. The highest BCUT2D eigenvalue weighted by molar-refractivity contribution is 7.89. The van der Waals surface area contributed by atoms with Gasteiger partial charge in [-0.2, -0.15) is 0 Å². The lowest BCUT2D eigenvalue weighted by atomic mass is 9.86. The molecule has 3 saturated carbocycles. The molecule has 3 atom stereocenters. The van der Waals surface area contributed by atoms with Crippen molar-refractivity contribution in [3.8, 4) is 0 Å². The normalized spacial score (nSPS) is 32.1. The molecule has 2 bridgehead atoms. The van der Waals surface area contributed by atoms with Crippen LogP contribution >= 0.6 is 0 Å². The van der Waals surface area contributed by atoms with Crippen molar-refractivity contribution in [3.05, 3.63) is 0 Å². The van der Waals surface area contributed by atoms with Crippen LogP contribution in [0.1, 0.15) is 44.9 Å². The maximum Gasteiger partial charge on any atom is 0.223 e. The molecule has 3 aliphatic rings. The Labute approximate surface area is 127 Å². The van der Waals surface area contributed by atoms with Gasteiger partial charge in [0.2, 0.25) is 15.9 Å². The molecule has 21 heavy (non-hydrogen) atoms. The van der Waals surface area contributed by atoms with Crippen LogP contribution in [0.25, 0.3) is 0 Å². The van der Waals surface area contributed by atoms with E-state index in [0.29, 0.717) is 18.4 Å². The Hall–Kier alpha value is -0.620. The van der Waals surface area contributed by atoms with Crippen molar-refractivity contribution in [2.24, 2.45) is 23.7 Å². The van der Waals surface area contributed by atoms with E-state index in [1.165, 1.54) is 25.7 Å². The van der Waals surface area contributed by atoms with Gasteiger partial charge in [-0.1, -0.05) is 12.8 Å². The number of amides is 1. The smallest absolute Gasteiger partial charge is 0.223 e. The minimum absolute atomic E-state index is 0.00766. The van der Waals surface area contributed by atoms with E-state index in [9.17, 15) is 13.2 Å². The molecule has 3 fully saturated rings. The monoisotopic (exact) mass is 314 g/mol. The largest absolute Gasteiger partial charge is 0.355 e. The van der Waals surface area contributed by atoms with E-state index >= 15 is 0 Å². The molecule has 0 aromatic heterocycles. The second-order valence-corrected chi connectivity index (χ2v) is 8.96. The number of hydrogen-bond acceptors (Lipinski definition) is 3. The van der Waals surface area contributed by atoms with Crippen LogP contribution in [0.15, 0.2) is 0 Å². The summed E-state index contributed by atoms with van der Waals surface area (Å²) in [7, 11) is -3.25. The summed E-state index contributed by atoms with van der Waals surface area (Å²) in [4.78, 5) is 12.1. The first-order valence-corrected chi connectivity index (χ1v) is 9.94. The summed E-state index contributed by atoms with van der Waals surface area (Å²) >= 11 is 0.